The lowest BCUT2D eigenvalue weighted by Gasteiger charge is -2.07. The lowest BCUT2D eigenvalue weighted by Crippen LogP contribution is -2.19. The second-order valence-corrected chi connectivity index (χ2v) is 4.56. The third-order valence-electron chi connectivity index (χ3n) is 3.12. The van der Waals surface area contributed by atoms with Crippen molar-refractivity contribution in [1.29, 1.82) is 0 Å². The highest BCUT2D eigenvalue weighted by molar-refractivity contribution is 6.02. The van der Waals surface area contributed by atoms with E-state index in [1.807, 2.05) is 24.3 Å². The Balaban J connectivity index is 1.88. The zero-order chi connectivity index (χ0) is 13.9. The number of hydrogen-bond donors (Lipinski definition) is 2. The van der Waals surface area contributed by atoms with E-state index < -0.39 is 5.97 Å². The van der Waals surface area contributed by atoms with Gasteiger partial charge < -0.3 is 15.2 Å². The number of carboxylic acid groups (broad SMARTS) is 1. The maximum atomic E-state index is 10.5. The van der Waals surface area contributed by atoms with Crippen molar-refractivity contribution < 1.29 is 14.6 Å². The van der Waals surface area contributed by atoms with E-state index in [1.165, 1.54) is 0 Å². The highest BCUT2D eigenvalue weighted by atomic mass is 16.5. The smallest absolute Gasteiger partial charge is 0.341 e. The summed E-state index contributed by atoms with van der Waals surface area (Å²) in [4.78, 5) is 14.9. The highest BCUT2D eigenvalue weighted by Crippen LogP contribution is 2.22. The molecular formula is C15H14N2O3. The summed E-state index contributed by atoms with van der Waals surface area (Å²) in [6, 6.07) is 11.6. The molecule has 102 valence electrons. The number of rotatable bonds is 4. The first-order valence-electron chi connectivity index (χ1n) is 6.39. The van der Waals surface area contributed by atoms with Crippen molar-refractivity contribution in [3.63, 3.8) is 0 Å². The van der Waals surface area contributed by atoms with Crippen molar-refractivity contribution in [2.75, 3.05) is 19.7 Å². The van der Waals surface area contributed by atoms with Crippen LogP contribution in [0.5, 0.6) is 5.75 Å². The number of benzene rings is 2. The van der Waals surface area contributed by atoms with Crippen LogP contribution in [0.15, 0.2) is 41.4 Å². The third kappa shape index (κ3) is 2.56. The number of fused-ring (bicyclic) bond motifs is 1. The molecule has 0 saturated carbocycles. The predicted molar refractivity (Wildman–Crippen MR) is 76.5 cm³/mol. The van der Waals surface area contributed by atoms with E-state index in [2.05, 4.69) is 16.4 Å². The van der Waals surface area contributed by atoms with E-state index in [0.717, 1.165) is 35.3 Å². The average Bonchev–Trinajstić information content (AvgIpc) is 2.98. The Morgan fingerprint density at radius 3 is 2.80 bits per heavy atom. The van der Waals surface area contributed by atoms with Gasteiger partial charge in [-0.25, -0.2) is 4.79 Å². The van der Waals surface area contributed by atoms with Gasteiger partial charge in [0.15, 0.2) is 6.61 Å². The number of nitrogens with zero attached hydrogens (tertiary/aromatic N) is 1. The Labute approximate surface area is 115 Å². The average molecular weight is 270 g/mol. The summed E-state index contributed by atoms with van der Waals surface area (Å²) in [5.41, 5.74) is 1.06. The number of ether oxygens (including phenoxy) is 1. The molecule has 0 unspecified atom stereocenters. The molecule has 5 nitrogen and oxygen atoms in total. The van der Waals surface area contributed by atoms with Crippen LogP contribution in [-0.4, -0.2) is 36.6 Å². The Hall–Kier alpha value is -2.56. The number of carbonyl (C=O) groups is 1. The number of carboxylic acids is 1. The molecule has 0 fully saturated rings. The molecule has 0 bridgehead atoms. The van der Waals surface area contributed by atoms with Crippen LogP contribution in [-0.2, 0) is 4.79 Å². The lowest BCUT2D eigenvalue weighted by atomic mass is 10.1. The molecule has 1 aliphatic heterocycles. The minimum atomic E-state index is -0.981. The van der Waals surface area contributed by atoms with E-state index in [0.29, 0.717) is 5.75 Å². The van der Waals surface area contributed by atoms with Gasteiger partial charge in [0.25, 0.3) is 0 Å². The summed E-state index contributed by atoms with van der Waals surface area (Å²) in [7, 11) is 0. The summed E-state index contributed by atoms with van der Waals surface area (Å²) in [5.74, 6) is 0.507. The van der Waals surface area contributed by atoms with Crippen molar-refractivity contribution in [1.82, 2.24) is 5.32 Å². The molecule has 2 aromatic rings. The molecule has 0 spiro atoms. The van der Waals surface area contributed by atoms with Crippen molar-refractivity contribution in [3.05, 3.63) is 42.0 Å². The Morgan fingerprint density at radius 2 is 2.05 bits per heavy atom. The minimum absolute atomic E-state index is 0.329. The zero-order valence-corrected chi connectivity index (χ0v) is 10.8. The van der Waals surface area contributed by atoms with Gasteiger partial charge in [0.2, 0.25) is 0 Å². The van der Waals surface area contributed by atoms with E-state index >= 15 is 0 Å². The van der Waals surface area contributed by atoms with Gasteiger partial charge in [0.05, 0.1) is 6.54 Å². The van der Waals surface area contributed by atoms with Gasteiger partial charge in [-0.05, 0) is 29.0 Å². The molecule has 1 heterocycles. The number of hydrogen-bond acceptors (Lipinski definition) is 4. The lowest BCUT2D eigenvalue weighted by molar-refractivity contribution is -0.139. The first-order valence-corrected chi connectivity index (χ1v) is 6.39. The second kappa shape index (κ2) is 5.21. The topological polar surface area (TPSA) is 70.9 Å². The van der Waals surface area contributed by atoms with Crippen LogP contribution in [0.3, 0.4) is 0 Å². The molecule has 0 aliphatic carbocycles. The van der Waals surface area contributed by atoms with E-state index in [-0.39, 0.29) is 6.61 Å². The molecule has 0 amide bonds. The van der Waals surface area contributed by atoms with Crippen LogP contribution in [0.4, 0.5) is 0 Å². The fourth-order valence-electron chi connectivity index (χ4n) is 2.20. The molecule has 0 radical (unpaired) electrons. The molecule has 2 aromatic carbocycles. The Bertz CT molecular complexity index is 695. The first kappa shape index (κ1) is 12.5. The number of nitrogens with one attached hydrogen (secondary N) is 1. The van der Waals surface area contributed by atoms with Gasteiger partial charge in [-0.3, -0.25) is 4.99 Å². The highest BCUT2D eigenvalue weighted by Gasteiger charge is 2.08. The summed E-state index contributed by atoms with van der Waals surface area (Å²) in [6.45, 7) is 1.37. The summed E-state index contributed by atoms with van der Waals surface area (Å²) >= 11 is 0. The fraction of sp³-hybridized carbons (Fsp3) is 0.200. The monoisotopic (exact) mass is 270 g/mol. The number of aliphatic imine (C=N–C) groups is 1. The van der Waals surface area contributed by atoms with Crippen molar-refractivity contribution in [2.45, 2.75) is 0 Å². The summed E-state index contributed by atoms with van der Waals surface area (Å²) in [5, 5.41) is 13.9. The fourth-order valence-corrected chi connectivity index (χ4v) is 2.20. The normalized spacial score (nSPS) is 13.9. The van der Waals surface area contributed by atoms with Crippen LogP contribution in [0.1, 0.15) is 5.56 Å². The number of aliphatic carboxylic acids is 1. The minimum Gasteiger partial charge on any atom is -0.482 e. The molecule has 2 N–H and O–H groups in total. The molecule has 0 saturated heterocycles. The summed E-state index contributed by atoms with van der Waals surface area (Å²) < 4.78 is 5.17. The van der Waals surface area contributed by atoms with Crippen molar-refractivity contribution >= 4 is 22.6 Å². The molecule has 1 aliphatic rings. The van der Waals surface area contributed by atoms with E-state index in [1.54, 1.807) is 6.07 Å². The van der Waals surface area contributed by atoms with Crippen LogP contribution in [0.25, 0.3) is 10.8 Å². The first-order chi connectivity index (χ1) is 9.72. The Kier molecular flexibility index (Phi) is 3.25. The van der Waals surface area contributed by atoms with Gasteiger partial charge in [-0.1, -0.05) is 18.2 Å². The maximum Gasteiger partial charge on any atom is 0.341 e. The van der Waals surface area contributed by atoms with Crippen LogP contribution < -0.4 is 10.1 Å². The Morgan fingerprint density at radius 1 is 1.25 bits per heavy atom. The third-order valence-corrected chi connectivity index (χ3v) is 3.12. The second-order valence-electron chi connectivity index (χ2n) is 4.56. The SMILES string of the molecule is O=C(O)COc1ccc2cc(C3=NCCN3)ccc2c1. The van der Waals surface area contributed by atoms with Gasteiger partial charge >= 0.3 is 5.97 Å². The molecule has 20 heavy (non-hydrogen) atoms. The largest absolute Gasteiger partial charge is 0.482 e. The van der Waals surface area contributed by atoms with Crippen molar-refractivity contribution in [2.24, 2.45) is 4.99 Å². The molecule has 0 aromatic heterocycles. The van der Waals surface area contributed by atoms with Crippen LogP contribution in [0.2, 0.25) is 0 Å². The zero-order valence-electron chi connectivity index (χ0n) is 10.8. The maximum absolute atomic E-state index is 10.5. The predicted octanol–water partition coefficient (Wildman–Crippen LogP) is 1.65. The van der Waals surface area contributed by atoms with Crippen molar-refractivity contribution in [3.8, 4) is 5.75 Å². The standard InChI is InChI=1S/C15H14N2O3/c18-14(19)9-20-13-4-3-10-7-12(2-1-11(10)8-13)15-16-5-6-17-15/h1-4,7-8H,5-6,9H2,(H,16,17)(H,18,19). The molecular weight excluding hydrogens is 256 g/mol. The molecule has 5 heteroatoms. The van der Waals surface area contributed by atoms with E-state index in [4.69, 9.17) is 9.84 Å². The number of amidine groups is 1. The van der Waals surface area contributed by atoms with Gasteiger partial charge in [-0.15, -0.1) is 0 Å². The van der Waals surface area contributed by atoms with Gasteiger partial charge in [0.1, 0.15) is 11.6 Å². The quantitative estimate of drug-likeness (QED) is 0.886. The van der Waals surface area contributed by atoms with Crippen LogP contribution in [0, 0.1) is 0 Å². The molecule has 3 rings (SSSR count). The molecule has 0 atom stereocenters. The van der Waals surface area contributed by atoms with E-state index in [9.17, 15) is 4.79 Å². The summed E-state index contributed by atoms with van der Waals surface area (Å²) in [6.07, 6.45) is 0. The van der Waals surface area contributed by atoms with Gasteiger partial charge in [-0.2, -0.15) is 0 Å². The van der Waals surface area contributed by atoms with Gasteiger partial charge in [0, 0.05) is 12.1 Å². The van der Waals surface area contributed by atoms with Crippen LogP contribution >= 0.6 is 0 Å².